The van der Waals surface area contributed by atoms with Gasteiger partial charge in [-0.05, 0) is 11.1 Å². The second-order valence-electron chi connectivity index (χ2n) is 1.31. The van der Waals surface area contributed by atoms with Crippen molar-refractivity contribution >= 4 is 0 Å². The van der Waals surface area contributed by atoms with Gasteiger partial charge in [-0.3, -0.25) is 0 Å². The molecule has 0 amide bonds. The van der Waals surface area contributed by atoms with Crippen molar-refractivity contribution < 1.29 is 26.3 Å². The van der Waals surface area contributed by atoms with E-state index in [-0.39, 0.29) is 0 Å². The summed E-state index contributed by atoms with van der Waals surface area (Å²) >= 11 is 0. The van der Waals surface area contributed by atoms with Gasteiger partial charge in [0.2, 0.25) is 0 Å². The number of rotatable bonds is 0. The summed E-state index contributed by atoms with van der Waals surface area (Å²) in [6.45, 7) is 0. The summed E-state index contributed by atoms with van der Waals surface area (Å²) in [5.41, 5.74) is 14.3. The number of hydrogen-bond acceptors (Lipinski definition) is 2. The lowest BCUT2D eigenvalue weighted by molar-refractivity contribution is -0.122. The van der Waals surface area contributed by atoms with Crippen LogP contribution in [0.1, 0.15) is 0 Å². The Labute approximate surface area is 71.4 Å². The Kier molecular flexibility index (Phi) is 6.07. The minimum absolute atomic E-state index is 1.44. The molecule has 0 saturated carbocycles. The van der Waals surface area contributed by atoms with E-state index in [2.05, 4.69) is 0 Å². The molecule has 0 aliphatic carbocycles. The molecule has 0 spiro atoms. The Morgan fingerprint density at radius 2 is 0.929 bits per heavy atom. The van der Waals surface area contributed by atoms with Crippen molar-refractivity contribution in [1.29, 1.82) is 0 Å². The largest absolute Gasteiger partial charge is 0.472 e. The van der Waals surface area contributed by atoms with Gasteiger partial charge in [-0.1, -0.05) is 0 Å². The predicted molar refractivity (Wildman–Crippen MR) is 30.4 cm³/mol. The molecule has 0 radical (unpaired) electrons. The lowest BCUT2D eigenvalue weighted by Gasteiger charge is -1.89. The SMILES string of the molecule is [N-]=[N+]=NC(F)(F)F.[N-]=[N+]=NC(F)(F)F. The molecule has 0 saturated heterocycles. The van der Waals surface area contributed by atoms with E-state index < -0.39 is 12.6 Å². The first-order valence-corrected chi connectivity index (χ1v) is 2.38. The molecular formula is C2F6N6. The van der Waals surface area contributed by atoms with Crippen molar-refractivity contribution in [3.63, 3.8) is 0 Å². The van der Waals surface area contributed by atoms with Gasteiger partial charge in [0, 0.05) is 20.1 Å². The monoisotopic (exact) mass is 222 g/mol. The van der Waals surface area contributed by atoms with E-state index in [1.807, 2.05) is 0 Å². The van der Waals surface area contributed by atoms with Crippen LogP contribution in [0.2, 0.25) is 0 Å². The highest BCUT2D eigenvalue weighted by molar-refractivity contribution is 4.46. The normalized spacial score (nSPS) is 10.1. The zero-order chi connectivity index (χ0) is 11.8. The highest BCUT2D eigenvalue weighted by Crippen LogP contribution is 2.15. The van der Waals surface area contributed by atoms with Gasteiger partial charge in [-0.15, -0.1) is 0 Å². The molecule has 0 aliphatic rings. The molecule has 14 heavy (non-hydrogen) atoms. The Morgan fingerprint density at radius 3 is 0.929 bits per heavy atom. The number of alkyl halides is 6. The fourth-order valence-electron chi connectivity index (χ4n) is 0.101. The van der Waals surface area contributed by atoms with Gasteiger partial charge in [0.1, 0.15) is 0 Å². The minimum atomic E-state index is -4.74. The van der Waals surface area contributed by atoms with Gasteiger partial charge in [0.15, 0.2) is 0 Å². The Hall–Kier alpha value is -1.80. The van der Waals surface area contributed by atoms with E-state index in [1.54, 1.807) is 0 Å². The summed E-state index contributed by atoms with van der Waals surface area (Å²) in [6, 6.07) is 0. The average Bonchev–Trinajstić information content (AvgIpc) is 1.81. The van der Waals surface area contributed by atoms with Crippen molar-refractivity contribution in [3.8, 4) is 0 Å². The zero-order valence-corrected chi connectivity index (χ0v) is 5.95. The molecule has 80 valence electrons. The maximum absolute atomic E-state index is 10.6. The van der Waals surface area contributed by atoms with Gasteiger partial charge in [-0.25, -0.2) is 0 Å². The molecule has 0 aliphatic heterocycles. The Morgan fingerprint density at radius 1 is 0.714 bits per heavy atom. The van der Waals surface area contributed by atoms with Gasteiger partial charge in [0.05, 0.1) is 0 Å². The van der Waals surface area contributed by atoms with Gasteiger partial charge in [0.25, 0.3) is 0 Å². The van der Waals surface area contributed by atoms with E-state index in [1.165, 1.54) is 20.1 Å². The van der Waals surface area contributed by atoms with Gasteiger partial charge >= 0.3 is 12.6 Å². The van der Waals surface area contributed by atoms with Crippen molar-refractivity contribution in [2.24, 2.45) is 10.2 Å². The van der Waals surface area contributed by atoms with Crippen LogP contribution in [-0.2, 0) is 0 Å². The number of halogens is 6. The molecule has 0 aromatic carbocycles. The first-order valence-electron chi connectivity index (χ1n) is 2.38. The van der Waals surface area contributed by atoms with Crippen LogP contribution in [0.5, 0.6) is 0 Å². The fourth-order valence-corrected chi connectivity index (χ4v) is 0.101. The molecule has 0 unspecified atom stereocenters. The highest BCUT2D eigenvalue weighted by Gasteiger charge is 2.24. The quantitative estimate of drug-likeness (QED) is 0.196. The number of nitrogens with zero attached hydrogens (tertiary/aromatic N) is 6. The van der Waals surface area contributed by atoms with Gasteiger partial charge < -0.3 is 0 Å². The van der Waals surface area contributed by atoms with E-state index in [0.29, 0.717) is 0 Å². The Balaban J connectivity index is 0. The molecule has 12 heteroatoms. The number of hydrogen-bond donors (Lipinski definition) is 0. The smallest absolute Gasteiger partial charge is 0.165 e. The molecule has 0 rings (SSSR count). The van der Waals surface area contributed by atoms with E-state index in [9.17, 15) is 26.3 Å². The summed E-state index contributed by atoms with van der Waals surface area (Å²) in [5, 5.41) is 2.88. The molecular weight excluding hydrogens is 222 g/mol. The van der Waals surface area contributed by atoms with Crippen molar-refractivity contribution in [2.75, 3.05) is 0 Å². The maximum Gasteiger partial charge on any atom is 0.472 e. The predicted octanol–water partition coefficient (Wildman–Crippen LogP) is 3.63. The summed E-state index contributed by atoms with van der Waals surface area (Å²) in [4.78, 5) is 3.01. The van der Waals surface area contributed by atoms with Crippen LogP contribution in [0.15, 0.2) is 10.2 Å². The van der Waals surface area contributed by atoms with Crippen molar-refractivity contribution in [2.45, 2.75) is 12.6 Å². The van der Waals surface area contributed by atoms with Crippen LogP contribution >= 0.6 is 0 Å². The molecule has 0 bridgehead atoms. The van der Waals surface area contributed by atoms with Crippen LogP contribution in [-0.4, -0.2) is 12.6 Å². The van der Waals surface area contributed by atoms with Crippen LogP contribution in [0.4, 0.5) is 26.3 Å². The van der Waals surface area contributed by atoms with Crippen molar-refractivity contribution in [3.05, 3.63) is 20.9 Å². The fraction of sp³-hybridized carbons (Fsp3) is 1.00. The molecule has 6 nitrogen and oxygen atoms in total. The van der Waals surface area contributed by atoms with Crippen LogP contribution in [0, 0.1) is 0 Å². The second kappa shape index (κ2) is 5.78. The lowest BCUT2D eigenvalue weighted by Crippen LogP contribution is -1.98. The van der Waals surface area contributed by atoms with E-state index >= 15 is 0 Å². The number of azide groups is 2. The Bertz CT molecular complexity index is 222. The summed E-state index contributed by atoms with van der Waals surface area (Å²) in [5.74, 6) is 0. The lowest BCUT2D eigenvalue weighted by atomic mass is 11.2. The summed E-state index contributed by atoms with van der Waals surface area (Å²) in [6.07, 6.45) is -9.48. The third kappa shape index (κ3) is 22.5. The van der Waals surface area contributed by atoms with Crippen LogP contribution in [0.3, 0.4) is 0 Å². The molecule has 0 aromatic rings. The third-order valence-electron chi connectivity index (χ3n) is 0.316. The van der Waals surface area contributed by atoms with Crippen LogP contribution < -0.4 is 0 Å². The minimum Gasteiger partial charge on any atom is -0.165 e. The van der Waals surface area contributed by atoms with Gasteiger partial charge in [-0.2, -0.15) is 26.3 Å². The molecule has 0 aromatic heterocycles. The first-order chi connectivity index (χ1) is 6.12. The first kappa shape index (κ1) is 14.7. The molecule has 0 heterocycles. The third-order valence-corrected chi connectivity index (χ3v) is 0.316. The van der Waals surface area contributed by atoms with Crippen molar-refractivity contribution in [1.82, 2.24) is 0 Å². The second-order valence-corrected chi connectivity index (χ2v) is 1.31. The highest BCUT2D eigenvalue weighted by atomic mass is 19.4. The summed E-state index contributed by atoms with van der Waals surface area (Å²) < 4.78 is 63.8. The average molecular weight is 222 g/mol. The summed E-state index contributed by atoms with van der Waals surface area (Å²) in [7, 11) is 0. The van der Waals surface area contributed by atoms with E-state index in [0.717, 1.165) is 0 Å². The zero-order valence-electron chi connectivity index (χ0n) is 5.95. The van der Waals surface area contributed by atoms with Crippen LogP contribution in [0.25, 0.3) is 20.9 Å². The molecule has 0 fully saturated rings. The standard InChI is InChI=1S/2CF3N3/c2*2-1(3,4)6-7-5. The maximum atomic E-state index is 10.6. The topological polar surface area (TPSA) is 97.5 Å². The van der Waals surface area contributed by atoms with E-state index in [4.69, 9.17) is 11.1 Å². The molecule has 0 N–H and O–H groups in total. The molecule has 0 atom stereocenters.